The minimum Gasteiger partial charge on any atom is -0.356 e. The molecule has 0 aliphatic rings. The lowest BCUT2D eigenvalue weighted by atomic mass is 10.1. The fraction of sp³-hybridized carbons (Fsp3) is 0.318. The van der Waals surface area contributed by atoms with E-state index >= 15 is 0 Å². The van der Waals surface area contributed by atoms with Crippen molar-refractivity contribution in [3.8, 4) is 11.3 Å². The lowest BCUT2D eigenvalue weighted by Gasteiger charge is -2.20. The van der Waals surface area contributed by atoms with E-state index in [1.165, 1.54) is 0 Å². The number of aromatic nitrogens is 2. The topological polar surface area (TPSA) is 80.4 Å². The maximum Gasteiger partial charge on any atom is 0.263 e. The zero-order chi connectivity index (χ0) is 21.8. The van der Waals surface area contributed by atoms with Crippen LogP contribution in [0, 0.1) is 6.92 Å². The average Bonchev–Trinajstić information content (AvgIpc) is 3.15. The van der Waals surface area contributed by atoms with Gasteiger partial charge in [0.15, 0.2) is 5.76 Å². The molecule has 3 aromatic rings. The zero-order valence-electron chi connectivity index (χ0n) is 17.5. The SMILES string of the molecule is Cc1ccn(C(C)CN(C)C)c(=O)c1C(=O)NCc1cc(-c2ccccc2Cl)on1. The molecule has 3 rings (SSSR count). The molecule has 0 radical (unpaired) electrons. The van der Waals surface area contributed by atoms with Crippen LogP contribution in [-0.2, 0) is 6.54 Å². The van der Waals surface area contributed by atoms with E-state index in [9.17, 15) is 9.59 Å². The standard InChI is InChI=1S/C22H25ClN4O3/c1-14-9-10-27(15(2)13-26(3)4)22(29)20(14)21(28)24-12-16-11-19(30-25-16)17-7-5-6-8-18(17)23/h5-11,15H,12-13H2,1-4H3,(H,24,28). The molecule has 30 heavy (non-hydrogen) atoms. The molecule has 2 aromatic heterocycles. The van der Waals surface area contributed by atoms with E-state index < -0.39 is 5.91 Å². The number of carbonyl (C=O) groups excluding carboxylic acids is 1. The molecular formula is C22H25ClN4O3. The molecule has 1 amide bonds. The van der Waals surface area contributed by atoms with Gasteiger partial charge in [0, 0.05) is 30.4 Å². The Bertz CT molecular complexity index is 1100. The van der Waals surface area contributed by atoms with Crippen molar-refractivity contribution in [1.29, 1.82) is 0 Å². The van der Waals surface area contributed by atoms with E-state index in [4.69, 9.17) is 16.1 Å². The summed E-state index contributed by atoms with van der Waals surface area (Å²) in [6.45, 7) is 4.52. The number of likely N-dealkylation sites (N-methyl/N-ethyl adjacent to an activating group) is 1. The van der Waals surface area contributed by atoms with Gasteiger partial charge in [-0.15, -0.1) is 0 Å². The van der Waals surface area contributed by atoms with Gasteiger partial charge in [0.05, 0.1) is 11.6 Å². The summed E-state index contributed by atoms with van der Waals surface area (Å²) >= 11 is 6.18. The highest BCUT2D eigenvalue weighted by molar-refractivity contribution is 6.33. The van der Waals surface area contributed by atoms with Crippen LogP contribution in [-0.4, -0.2) is 41.2 Å². The molecule has 8 heteroatoms. The first-order valence-electron chi connectivity index (χ1n) is 9.63. The van der Waals surface area contributed by atoms with Gasteiger partial charge >= 0.3 is 0 Å². The normalized spacial score (nSPS) is 12.2. The molecule has 7 nitrogen and oxygen atoms in total. The van der Waals surface area contributed by atoms with E-state index in [0.29, 0.717) is 28.6 Å². The summed E-state index contributed by atoms with van der Waals surface area (Å²) in [6.07, 6.45) is 1.73. The number of nitrogens with zero attached hydrogens (tertiary/aromatic N) is 3. The summed E-state index contributed by atoms with van der Waals surface area (Å²) in [5.41, 5.74) is 1.72. The first kappa shape index (κ1) is 21.8. The number of amides is 1. The van der Waals surface area contributed by atoms with Gasteiger partial charge in [-0.05, 0) is 51.7 Å². The Morgan fingerprint density at radius 3 is 2.73 bits per heavy atom. The number of benzene rings is 1. The van der Waals surface area contributed by atoms with Crippen LogP contribution < -0.4 is 10.9 Å². The van der Waals surface area contributed by atoms with Crippen LogP contribution in [0.25, 0.3) is 11.3 Å². The van der Waals surface area contributed by atoms with Gasteiger partial charge in [-0.1, -0.05) is 28.9 Å². The van der Waals surface area contributed by atoms with Crippen molar-refractivity contribution in [3.63, 3.8) is 0 Å². The van der Waals surface area contributed by atoms with Crippen molar-refractivity contribution in [2.24, 2.45) is 0 Å². The van der Waals surface area contributed by atoms with E-state index in [1.54, 1.807) is 35.9 Å². The summed E-state index contributed by atoms with van der Waals surface area (Å²) < 4.78 is 6.94. The number of pyridine rings is 1. The summed E-state index contributed by atoms with van der Waals surface area (Å²) in [7, 11) is 3.89. The molecule has 0 aliphatic heterocycles. The highest BCUT2D eigenvalue weighted by Gasteiger charge is 2.19. The van der Waals surface area contributed by atoms with Crippen molar-refractivity contribution in [2.45, 2.75) is 26.4 Å². The Morgan fingerprint density at radius 2 is 2.03 bits per heavy atom. The fourth-order valence-electron chi connectivity index (χ4n) is 3.32. The van der Waals surface area contributed by atoms with Crippen molar-refractivity contribution < 1.29 is 9.32 Å². The monoisotopic (exact) mass is 428 g/mol. The van der Waals surface area contributed by atoms with Crippen LogP contribution in [0.3, 0.4) is 0 Å². The maximum absolute atomic E-state index is 12.9. The zero-order valence-corrected chi connectivity index (χ0v) is 18.2. The predicted octanol–water partition coefficient (Wildman–Crippen LogP) is 3.52. The lowest BCUT2D eigenvalue weighted by Crippen LogP contribution is -2.36. The van der Waals surface area contributed by atoms with Gasteiger partial charge in [-0.2, -0.15) is 0 Å². The van der Waals surface area contributed by atoms with Gasteiger partial charge < -0.3 is 19.3 Å². The second-order valence-electron chi connectivity index (χ2n) is 7.54. The number of nitrogens with one attached hydrogen (secondary N) is 1. The Labute approximate surface area is 180 Å². The molecule has 1 N–H and O–H groups in total. The van der Waals surface area contributed by atoms with E-state index in [0.717, 1.165) is 5.56 Å². The van der Waals surface area contributed by atoms with Gasteiger partial charge in [0.2, 0.25) is 0 Å². The second kappa shape index (κ2) is 9.28. The second-order valence-corrected chi connectivity index (χ2v) is 7.95. The molecule has 0 bridgehead atoms. The summed E-state index contributed by atoms with van der Waals surface area (Å²) in [4.78, 5) is 27.7. The molecule has 0 aliphatic carbocycles. The molecule has 1 atom stereocenters. The van der Waals surface area contributed by atoms with Gasteiger partial charge in [-0.25, -0.2) is 0 Å². The quantitative estimate of drug-likeness (QED) is 0.622. The number of hydrogen-bond donors (Lipinski definition) is 1. The van der Waals surface area contributed by atoms with E-state index in [-0.39, 0.29) is 23.7 Å². The third kappa shape index (κ3) is 4.80. The van der Waals surface area contributed by atoms with E-state index in [2.05, 4.69) is 10.5 Å². The molecule has 1 aromatic carbocycles. The molecule has 0 fully saturated rings. The fourth-order valence-corrected chi connectivity index (χ4v) is 3.55. The third-order valence-electron chi connectivity index (χ3n) is 4.79. The number of halogens is 1. The van der Waals surface area contributed by atoms with Crippen LogP contribution in [0.15, 0.2) is 51.9 Å². The smallest absolute Gasteiger partial charge is 0.263 e. The number of aryl methyl sites for hydroxylation is 1. The van der Waals surface area contributed by atoms with Crippen LogP contribution in [0.2, 0.25) is 5.02 Å². The van der Waals surface area contributed by atoms with E-state index in [1.807, 2.05) is 44.1 Å². The van der Waals surface area contributed by atoms with Gasteiger partial charge in [0.1, 0.15) is 11.3 Å². The Morgan fingerprint density at radius 1 is 1.30 bits per heavy atom. The first-order chi connectivity index (χ1) is 14.3. The Kier molecular flexibility index (Phi) is 6.74. The molecule has 158 valence electrons. The maximum atomic E-state index is 12.9. The van der Waals surface area contributed by atoms with Crippen LogP contribution in [0.4, 0.5) is 0 Å². The molecule has 0 saturated carbocycles. The Balaban J connectivity index is 1.76. The highest BCUT2D eigenvalue weighted by atomic mass is 35.5. The average molecular weight is 429 g/mol. The largest absolute Gasteiger partial charge is 0.356 e. The van der Waals surface area contributed by atoms with Crippen LogP contribution in [0.1, 0.15) is 34.6 Å². The molecule has 0 spiro atoms. The molecular weight excluding hydrogens is 404 g/mol. The number of hydrogen-bond acceptors (Lipinski definition) is 5. The molecule has 1 unspecified atom stereocenters. The lowest BCUT2D eigenvalue weighted by molar-refractivity contribution is 0.0947. The number of carbonyl (C=O) groups is 1. The summed E-state index contributed by atoms with van der Waals surface area (Å²) in [5, 5.41) is 7.30. The van der Waals surface area contributed by atoms with Crippen LogP contribution >= 0.6 is 11.6 Å². The minimum absolute atomic E-state index is 0.0617. The van der Waals surface area contributed by atoms with Crippen molar-refractivity contribution >= 4 is 17.5 Å². The summed E-state index contributed by atoms with van der Waals surface area (Å²) in [6, 6.07) is 10.7. The predicted molar refractivity (Wildman–Crippen MR) is 117 cm³/mol. The molecule has 2 heterocycles. The van der Waals surface area contributed by atoms with Gasteiger partial charge in [0.25, 0.3) is 11.5 Å². The van der Waals surface area contributed by atoms with Crippen molar-refractivity contribution in [1.82, 2.24) is 19.9 Å². The highest BCUT2D eigenvalue weighted by Crippen LogP contribution is 2.27. The summed E-state index contributed by atoms with van der Waals surface area (Å²) in [5.74, 6) is 0.0757. The third-order valence-corrected chi connectivity index (χ3v) is 5.12. The van der Waals surface area contributed by atoms with Crippen LogP contribution in [0.5, 0.6) is 0 Å². The molecule has 0 saturated heterocycles. The van der Waals surface area contributed by atoms with Gasteiger partial charge in [-0.3, -0.25) is 9.59 Å². The van der Waals surface area contributed by atoms with Crippen molar-refractivity contribution in [3.05, 3.63) is 74.8 Å². The minimum atomic E-state index is -0.439. The number of rotatable bonds is 7. The van der Waals surface area contributed by atoms with Crippen molar-refractivity contribution in [2.75, 3.05) is 20.6 Å². The first-order valence-corrected chi connectivity index (χ1v) is 10.0. The Hall–Kier alpha value is -2.90.